The quantitative estimate of drug-likeness (QED) is 0.390. The van der Waals surface area contributed by atoms with E-state index in [2.05, 4.69) is 20.6 Å². The number of carbonyl (C=O) groups is 1. The molecular weight excluding hydrogens is 318 g/mol. The van der Waals surface area contributed by atoms with Crippen molar-refractivity contribution < 1.29 is 4.79 Å². The molecule has 0 aliphatic rings. The zero-order valence-corrected chi connectivity index (χ0v) is 13.6. The average molecular weight is 331 g/mol. The maximum absolute atomic E-state index is 12.3. The highest BCUT2D eigenvalue weighted by Crippen LogP contribution is 2.24. The van der Waals surface area contributed by atoms with Crippen molar-refractivity contribution in [1.82, 2.24) is 10.3 Å². The van der Waals surface area contributed by atoms with E-state index in [1.54, 1.807) is 29.8 Å². The highest BCUT2D eigenvalue weighted by molar-refractivity contribution is 8.13. The van der Waals surface area contributed by atoms with Crippen LogP contribution in [0.2, 0.25) is 0 Å². The van der Waals surface area contributed by atoms with Gasteiger partial charge < -0.3 is 0 Å². The Labute approximate surface area is 136 Å². The summed E-state index contributed by atoms with van der Waals surface area (Å²) >= 11 is 2.68. The molecule has 0 saturated heterocycles. The van der Waals surface area contributed by atoms with Crippen LogP contribution in [-0.2, 0) is 0 Å². The van der Waals surface area contributed by atoms with Gasteiger partial charge in [0.1, 0.15) is 0 Å². The van der Waals surface area contributed by atoms with E-state index in [0.29, 0.717) is 21.6 Å². The lowest BCUT2D eigenvalue weighted by atomic mass is 10.1. The van der Waals surface area contributed by atoms with Crippen molar-refractivity contribution in [2.75, 3.05) is 11.6 Å². The Morgan fingerprint density at radius 1 is 1.50 bits per heavy atom. The number of thioether (sulfide) groups is 1. The molecule has 1 aromatic heterocycles. The fourth-order valence-corrected chi connectivity index (χ4v) is 2.58. The summed E-state index contributed by atoms with van der Waals surface area (Å²) in [6, 6.07) is 5.28. The van der Waals surface area contributed by atoms with Gasteiger partial charge in [0.25, 0.3) is 5.91 Å². The molecule has 2 rings (SSSR count). The van der Waals surface area contributed by atoms with E-state index in [4.69, 9.17) is 5.26 Å². The first-order valence-corrected chi connectivity index (χ1v) is 8.34. The number of nitrogens with one attached hydrogen (secondary N) is 2. The van der Waals surface area contributed by atoms with Crippen LogP contribution in [0, 0.1) is 18.4 Å². The minimum Gasteiger partial charge on any atom is -0.298 e. The van der Waals surface area contributed by atoms with Gasteiger partial charge in [-0.05, 0) is 30.9 Å². The zero-order valence-electron chi connectivity index (χ0n) is 12.0. The number of amidine groups is 1. The van der Waals surface area contributed by atoms with Gasteiger partial charge in [0.15, 0.2) is 16.5 Å². The van der Waals surface area contributed by atoms with Crippen LogP contribution in [0.25, 0.3) is 0 Å². The summed E-state index contributed by atoms with van der Waals surface area (Å²) in [5.41, 5.74) is 1.90. The summed E-state index contributed by atoms with van der Waals surface area (Å²) in [4.78, 5) is 20.7. The number of hydrogen-bond donors (Lipinski definition) is 2. The number of amides is 1. The van der Waals surface area contributed by atoms with Gasteiger partial charge in [-0.25, -0.2) is 9.98 Å². The van der Waals surface area contributed by atoms with Crippen molar-refractivity contribution in [3.8, 4) is 6.19 Å². The first kappa shape index (κ1) is 16.0. The second kappa shape index (κ2) is 7.59. The smallest absolute Gasteiger partial charge is 0.257 e. The molecule has 0 saturated carbocycles. The molecule has 0 unspecified atom stereocenters. The van der Waals surface area contributed by atoms with Crippen molar-refractivity contribution in [2.45, 2.75) is 6.92 Å². The van der Waals surface area contributed by atoms with E-state index in [-0.39, 0.29) is 5.91 Å². The van der Waals surface area contributed by atoms with Crippen LogP contribution < -0.4 is 10.6 Å². The van der Waals surface area contributed by atoms with Crippen molar-refractivity contribution in [1.29, 1.82) is 5.26 Å². The van der Waals surface area contributed by atoms with Gasteiger partial charge in [0.05, 0.1) is 5.69 Å². The number of nitriles is 1. The van der Waals surface area contributed by atoms with Crippen LogP contribution in [0.4, 0.5) is 10.8 Å². The molecule has 1 amide bonds. The molecule has 0 spiro atoms. The number of thiazole rings is 1. The summed E-state index contributed by atoms with van der Waals surface area (Å²) in [6.45, 7) is 1.82. The number of anilines is 1. The normalized spacial score (nSPS) is 10.9. The first-order chi connectivity index (χ1) is 10.7. The lowest BCUT2D eigenvalue weighted by Crippen LogP contribution is -2.14. The second-order valence-electron chi connectivity index (χ2n) is 4.10. The molecule has 22 heavy (non-hydrogen) atoms. The van der Waals surface area contributed by atoms with Crippen molar-refractivity contribution >= 4 is 45.0 Å². The Morgan fingerprint density at radius 2 is 2.32 bits per heavy atom. The molecule has 2 aromatic rings. The highest BCUT2D eigenvalue weighted by Gasteiger charge is 2.13. The maximum atomic E-state index is 12.3. The molecule has 1 aromatic carbocycles. The van der Waals surface area contributed by atoms with Crippen LogP contribution in [0.5, 0.6) is 0 Å². The molecule has 0 atom stereocenters. The Morgan fingerprint density at radius 3 is 2.95 bits per heavy atom. The summed E-state index contributed by atoms with van der Waals surface area (Å²) in [6.07, 6.45) is 5.29. The topological polar surface area (TPSA) is 90.2 Å². The lowest BCUT2D eigenvalue weighted by molar-refractivity contribution is 0.102. The summed E-state index contributed by atoms with van der Waals surface area (Å²) in [5.74, 6) is -0.233. The fourth-order valence-electron chi connectivity index (χ4n) is 1.72. The molecule has 0 bridgehead atoms. The number of benzene rings is 1. The molecular formula is C14H13N5OS2. The lowest BCUT2D eigenvalue weighted by Gasteiger charge is -2.08. The Hall–Kier alpha value is -2.37. The van der Waals surface area contributed by atoms with Crippen LogP contribution in [0.15, 0.2) is 34.8 Å². The first-order valence-electron chi connectivity index (χ1n) is 6.24. The van der Waals surface area contributed by atoms with Crippen LogP contribution >= 0.6 is 23.1 Å². The minimum atomic E-state index is -0.233. The maximum Gasteiger partial charge on any atom is 0.257 e. The summed E-state index contributed by atoms with van der Waals surface area (Å²) < 4.78 is 0. The number of rotatable bonds is 3. The van der Waals surface area contributed by atoms with Crippen molar-refractivity contribution in [3.05, 3.63) is 40.9 Å². The molecule has 0 aliphatic heterocycles. The third kappa shape index (κ3) is 3.84. The molecule has 0 fully saturated rings. The minimum absolute atomic E-state index is 0.233. The SMILES string of the molecule is CSC(=Nc1cccc(C(=O)Nc2nccs2)c1C)NC#N. The standard InChI is InChI=1S/C14H13N5OS2/c1-9-10(12(20)19-14-16-6-7-22-14)4-3-5-11(9)18-13(21-2)17-8-15/h3-7H,1-2H3,(H,17,18)(H,16,19,20). The number of hydrogen-bond acceptors (Lipinski definition) is 6. The molecule has 6 nitrogen and oxygen atoms in total. The molecule has 0 radical (unpaired) electrons. The molecule has 8 heteroatoms. The van der Waals surface area contributed by atoms with Gasteiger partial charge in [0.2, 0.25) is 0 Å². The van der Waals surface area contributed by atoms with Gasteiger partial charge in [-0.15, -0.1) is 11.3 Å². The van der Waals surface area contributed by atoms with Crippen molar-refractivity contribution in [3.63, 3.8) is 0 Å². The number of nitrogens with zero attached hydrogens (tertiary/aromatic N) is 3. The van der Waals surface area contributed by atoms with E-state index in [0.717, 1.165) is 5.56 Å². The van der Waals surface area contributed by atoms with Gasteiger partial charge in [-0.2, -0.15) is 5.26 Å². The number of carbonyl (C=O) groups excluding carboxylic acids is 1. The van der Waals surface area contributed by atoms with Gasteiger partial charge >= 0.3 is 0 Å². The second-order valence-corrected chi connectivity index (χ2v) is 5.79. The largest absolute Gasteiger partial charge is 0.298 e. The zero-order chi connectivity index (χ0) is 15.9. The van der Waals surface area contributed by atoms with E-state index in [1.165, 1.54) is 23.1 Å². The third-order valence-electron chi connectivity index (χ3n) is 2.78. The van der Waals surface area contributed by atoms with Gasteiger partial charge in [-0.1, -0.05) is 17.8 Å². The van der Waals surface area contributed by atoms with Crippen molar-refractivity contribution in [2.24, 2.45) is 4.99 Å². The van der Waals surface area contributed by atoms with E-state index >= 15 is 0 Å². The molecule has 1 heterocycles. The van der Waals surface area contributed by atoms with Crippen LogP contribution in [0.3, 0.4) is 0 Å². The molecule has 2 N–H and O–H groups in total. The molecule has 112 valence electrons. The van der Waals surface area contributed by atoms with Gasteiger partial charge in [0, 0.05) is 17.1 Å². The van der Waals surface area contributed by atoms with Gasteiger partial charge in [-0.3, -0.25) is 15.4 Å². The predicted molar refractivity (Wildman–Crippen MR) is 90.6 cm³/mol. The molecule has 0 aliphatic carbocycles. The summed E-state index contributed by atoms with van der Waals surface area (Å²) in [5, 5.41) is 16.7. The van der Waals surface area contributed by atoms with Crippen LogP contribution in [0.1, 0.15) is 15.9 Å². The third-order valence-corrected chi connectivity index (χ3v) is 4.05. The van der Waals surface area contributed by atoms with Crippen LogP contribution in [-0.4, -0.2) is 22.3 Å². The number of aromatic nitrogens is 1. The Bertz CT molecular complexity index is 734. The fraction of sp³-hybridized carbons (Fsp3) is 0.143. The average Bonchev–Trinajstić information content (AvgIpc) is 3.01. The highest BCUT2D eigenvalue weighted by atomic mass is 32.2. The predicted octanol–water partition coefficient (Wildman–Crippen LogP) is 3.12. The summed E-state index contributed by atoms with van der Waals surface area (Å²) in [7, 11) is 0. The van der Waals surface area contributed by atoms with E-state index in [9.17, 15) is 4.79 Å². The Balaban J connectivity index is 2.29. The van der Waals surface area contributed by atoms with E-state index < -0.39 is 0 Å². The van der Waals surface area contributed by atoms with E-state index in [1.807, 2.05) is 19.4 Å². The monoisotopic (exact) mass is 331 g/mol. The Kier molecular flexibility index (Phi) is 5.52. The number of aliphatic imine (C=N–C) groups is 1.